The molecule has 2 atom stereocenters. The van der Waals surface area contributed by atoms with E-state index < -0.39 is 0 Å². The van der Waals surface area contributed by atoms with Crippen molar-refractivity contribution in [3.05, 3.63) is 35.9 Å². The van der Waals surface area contributed by atoms with Crippen LogP contribution in [0.4, 0.5) is 0 Å². The van der Waals surface area contributed by atoms with Crippen molar-refractivity contribution in [1.29, 1.82) is 0 Å². The van der Waals surface area contributed by atoms with Crippen molar-refractivity contribution in [1.82, 2.24) is 10.6 Å². The van der Waals surface area contributed by atoms with E-state index in [9.17, 15) is 4.79 Å². The number of carbonyl (C=O) groups excluding carboxylic acids is 1. The van der Waals surface area contributed by atoms with E-state index in [4.69, 9.17) is 5.73 Å². The summed E-state index contributed by atoms with van der Waals surface area (Å²) in [4.78, 5) is 11.9. The van der Waals surface area contributed by atoms with E-state index in [2.05, 4.69) is 41.8 Å². The van der Waals surface area contributed by atoms with Gasteiger partial charge in [0.05, 0.1) is 0 Å². The molecule has 4 heteroatoms. The monoisotopic (exact) mass is 303 g/mol. The topological polar surface area (TPSA) is 67.2 Å². The van der Waals surface area contributed by atoms with Crippen molar-refractivity contribution in [3.63, 3.8) is 0 Å². The molecular formula is C18H29N3O. The van der Waals surface area contributed by atoms with Gasteiger partial charge in [0.25, 0.3) is 0 Å². The summed E-state index contributed by atoms with van der Waals surface area (Å²) in [6.45, 7) is 4.75. The molecule has 2 rings (SSSR count). The van der Waals surface area contributed by atoms with Crippen molar-refractivity contribution in [3.8, 4) is 0 Å². The van der Waals surface area contributed by atoms with Crippen molar-refractivity contribution in [2.75, 3.05) is 6.54 Å². The molecule has 0 aromatic heterocycles. The summed E-state index contributed by atoms with van der Waals surface area (Å²) in [6.07, 6.45) is 5.06. The predicted octanol–water partition coefficient (Wildman–Crippen LogP) is 2.50. The lowest BCUT2D eigenvalue weighted by Crippen LogP contribution is -2.52. The normalized spacial score (nSPS) is 19.6. The molecule has 1 aliphatic rings. The molecule has 1 aromatic rings. The lowest BCUT2D eigenvalue weighted by atomic mass is 9.94. The Kier molecular flexibility index (Phi) is 5.98. The molecule has 4 N–H and O–H groups in total. The van der Waals surface area contributed by atoms with Gasteiger partial charge in [-0.3, -0.25) is 4.79 Å². The Morgan fingerprint density at radius 1 is 1.23 bits per heavy atom. The van der Waals surface area contributed by atoms with Crippen LogP contribution in [0, 0.1) is 0 Å². The van der Waals surface area contributed by atoms with Crippen LogP contribution in [0.25, 0.3) is 0 Å². The molecule has 122 valence electrons. The first kappa shape index (κ1) is 17.0. The molecule has 4 nitrogen and oxygen atoms in total. The van der Waals surface area contributed by atoms with Crippen LogP contribution >= 0.6 is 0 Å². The number of rotatable bonds is 7. The van der Waals surface area contributed by atoms with Gasteiger partial charge in [-0.15, -0.1) is 0 Å². The van der Waals surface area contributed by atoms with Crippen LogP contribution in [0.3, 0.4) is 0 Å². The fourth-order valence-corrected chi connectivity index (χ4v) is 3.34. The van der Waals surface area contributed by atoms with E-state index in [1.54, 1.807) is 0 Å². The second-order valence-electron chi connectivity index (χ2n) is 6.72. The molecule has 1 aromatic carbocycles. The molecule has 0 aliphatic heterocycles. The Morgan fingerprint density at radius 3 is 2.45 bits per heavy atom. The van der Waals surface area contributed by atoms with Gasteiger partial charge in [0.1, 0.15) is 0 Å². The molecule has 0 radical (unpaired) electrons. The van der Waals surface area contributed by atoms with E-state index >= 15 is 0 Å². The molecule has 1 aliphatic carbocycles. The van der Waals surface area contributed by atoms with Crippen LogP contribution in [0.2, 0.25) is 0 Å². The Hall–Kier alpha value is -1.39. The number of hydrogen-bond donors (Lipinski definition) is 3. The largest absolute Gasteiger partial charge is 0.354 e. The highest BCUT2D eigenvalue weighted by molar-refractivity contribution is 5.76. The number of nitrogens with one attached hydrogen (secondary N) is 2. The fourth-order valence-electron chi connectivity index (χ4n) is 3.34. The highest BCUT2D eigenvalue weighted by atomic mass is 16.1. The van der Waals surface area contributed by atoms with Crippen LogP contribution in [-0.4, -0.2) is 24.0 Å². The maximum atomic E-state index is 11.9. The maximum absolute atomic E-state index is 11.9. The molecule has 1 saturated carbocycles. The van der Waals surface area contributed by atoms with E-state index in [1.165, 1.54) is 18.4 Å². The zero-order chi connectivity index (χ0) is 16.0. The number of carbonyl (C=O) groups is 1. The summed E-state index contributed by atoms with van der Waals surface area (Å²) in [5, 5.41) is 6.84. The number of nitrogens with two attached hydrogens (primary N) is 1. The summed E-state index contributed by atoms with van der Waals surface area (Å²) in [6, 6.07) is 10.7. The van der Waals surface area contributed by atoms with Gasteiger partial charge in [0.2, 0.25) is 5.91 Å². The van der Waals surface area contributed by atoms with Gasteiger partial charge in [-0.2, -0.15) is 0 Å². The highest BCUT2D eigenvalue weighted by Crippen LogP contribution is 2.31. The van der Waals surface area contributed by atoms with Crippen molar-refractivity contribution in [2.24, 2.45) is 5.73 Å². The first-order valence-corrected chi connectivity index (χ1v) is 8.36. The van der Waals surface area contributed by atoms with Crippen molar-refractivity contribution >= 4 is 5.91 Å². The van der Waals surface area contributed by atoms with Gasteiger partial charge in [-0.25, -0.2) is 0 Å². The average Bonchev–Trinajstić information content (AvgIpc) is 2.94. The van der Waals surface area contributed by atoms with Crippen LogP contribution in [0.5, 0.6) is 0 Å². The van der Waals surface area contributed by atoms with Gasteiger partial charge >= 0.3 is 0 Å². The third-order valence-corrected chi connectivity index (χ3v) is 4.51. The minimum absolute atomic E-state index is 0.0166. The standard InChI is InChI=1S/C18H29N3O/c1-14(19)12-17(22)20-13-18(10-6-7-11-18)21-15(2)16-8-4-3-5-9-16/h3-5,8-9,14-15,21H,6-7,10-13,19H2,1-2H3,(H,20,22). The molecule has 2 unspecified atom stereocenters. The maximum Gasteiger partial charge on any atom is 0.221 e. The van der Waals surface area contributed by atoms with Crippen molar-refractivity contribution < 1.29 is 4.79 Å². The van der Waals surface area contributed by atoms with E-state index in [1.807, 2.05) is 13.0 Å². The smallest absolute Gasteiger partial charge is 0.221 e. The molecule has 0 saturated heterocycles. The van der Waals surface area contributed by atoms with E-state index in [0.717, 1.165) is 12.8 Å². The summed E-state index contributed by atoms with van der Waals surface area (Å²) in [5.74, 6) is 0.0513. The van der Waals surface area contributed by atoms with Crippen LogP contribution in [-0.2, 0) is 4.79 Å². The van der Waals surface area contributed by atoms with Crippen LogP contribution < -0.4 is 16.4 Å². The number of benzene rings is 1. The molecule has 0 spiro atoms. The van der Waals surface area contributed by atoms with E-state index in [0.29, 0.717) is 13.0 Å². The molecule has 0 heterocycles. The minimum atomic E-state index is -0.0873. The van der Waals surface area contributed by atoms with Crippen LogP contribution in [0.1, 0.15) is 57.6 Å². The summed E-state index contributed by atoms with van der Waals surface area (Å²) >= 11 is 0. The lowest BCUT2D eigenvalue weighted by molar-refractivity contribution is -0.121. The predicted molar refractivity (Wildman–Crippen MR) is 90.5 cm³/mol. The summed E-state index contributed by atoms with van der Waals surface area (Å²) < 4.78 is 0. The first-order valence-electron chi connectivity index (χ1n) is 8.36. The summed E-state index contributed by atoms with van der Waals surface area (Å²) in [7, 11) is 0. The SMILES string of the molecule is CC(N)CC(=O)NCC1(NC(C)c2ccccc2)CCCC1. The van der Waals surface area contributed by atoms with Gasteiger partial charge in [0, 0.05) is 30.6 Å². The Labute approximate surface area is 133 Å². The van der Waals surface area contributed by atoms with Gasteiger partial charge < -0.3 is 16.4 Å². The molecule has 1 amide bonds. The van der Waals surface area contributed by atoms with Gasteiger partial charge in [-0.1, -0.05) is 43.2 Å². The molecule has 0 bridgehead atoms. The van der Waals surface area contributed by atoms with Gasteiger partial charge in [0.15, 0.2) is 0 Å². The quantitative estimate of drug-likeness (QED) is 0.725. The fraction of sp³-hybridized carbons (Fsp3) is 0.611. The third-order valence-electron chi connectivity index (χ3n) is 4.51. The first-order chi connectivity index (χ1) is 10.5. The molecular weight excluding hydrogens is 274 g/mol. The zero-order valence-electron chi connectivity index (χ0n) is 13.8. The highest BCUT2D eigenvalue weighted by Gasteiger charge is 2.35. The number of hydrogen-bond acceptors (Lipinski definition) is 3. The number of amides is 1. The van der Waals surface area contributed by atoms with Crippen molar-refractivity contribution in [2.45, 2.75) is 63.6 Å². The van der Waals surface area contributed by atoms with Crippen LogP contribution in [0.15, 0.2) is 30.3 Å². The minimum Gasteiger partial charge on any atom is -0.354 e. The second kappa shape index (κ2) is 7.75. The molecule has 22 heavy (non-hydrogen) atoms. The second-order valence-corrected chi connectivity index (χ2v) is 6.72. The Bertz CT molecular complexity index is 466. The molecule has 1 fully saturated rings. The average molecular weight is 303 g/mol. The summed E-state index contributed by atoms with van der Waals surface area (Å²) in [5.41, 5.74) is 6.99. The van der Waals surface area contributed by atoms with E-state index in [-0.39, 0.29) is 23.5 Å². The Morgan fingerprint density at radius 2 is 1.86 bits per heavy atom. The lowest BCUT2D eigenvalue weighted by Gasteiger charge is -2.34. The van der Waals surface area contributed by atoms with Gasteiger partial charge in [-0.05, 0) is 32.3 Å². The third kappa shape index (κ3) is 4.82. The zero-order valence-corrected chi connectivity index (χ0v) is 13.8. The Balaban J connectivity index is 1.95.